The monoisotopic (exact) mass is 359 g/mol. The van der Waals surface area contributed by atoms with E-state index < -0.39 is 5.60 Å². The topological polar surface area (TPSA) is 44.8 Å². The summed E-state index contributed by atoms with van der Waals surface area (Å²) in [5.74, 6) is 0.467. The first-order chi connectivity index (χ1) is 12.4. The Balaban J connectivity index is 1.47. The molecule has 26 heavy (non-hydrogen) atoms. The van der Waals surface area contributed by atoms with E-state index in [1.54, 1.807) is 0 Å². The van der Waals surface area contributed by atoms with E-state index in [1.165, 1.54) is 31.6 Å². The molecule has 5 heteroatoms. The van der Waals surface area contributed by atoms with Gasteiger partial charge in [0, 0.05) is 44.1 Å². The lowest BCUT2D eigenvalue weighted by Gasteiger charge is -2.34. The van der Waals surface area contributed by atoms with Crippen molar-refractivity contribution in [2.75, 3.05) is 42.9 Å². The number of amides is 1. The molecule has 5 nitrogen and oxygen atoms in total. The Morgan fingerprint density at radius 1 is 1.12 bits per heavy atom. The van der Waals surface area contributed by atoms with Gasteiger partial charge in [-0.05, 0) is 76.6 Å². The van der Waals surface area contributed by atoms with E-state index in [4.69, 9.17) is 4.74 Å². The van der Waals surface area contributed by atoms with Crippen LogP contribution in [0.25, 0.3) is 0 Å². The molecule has 0 spiro atoms. The van der Waals surface area contributed by atoms with E-state index in [0.29, 0.717) is 5.92 Å². The summed E-state index contributed by atoms with van der Waals surface area (Å²) < 4.78 is 5.51. The van der Waals surface area contributed by atoms with Gasteiger partial charge in [-0.1, -0.05) is 0 Å². The van der Waals surface area contributed by atoms with Gasteiger partial charge in [0.25, 0.3) is 0 Å². The highest BCUT2D eigenvalue weighted by Gasteiger charge is 2.27. The van der Waals surface area contributed by atoms with Crippen molar-refractivity contribution >= 4 is 17.5 Å². The van der Waals surface area contributed by atoms with Gasteiger partial charge in [-0.3, -0.25) is 0 Å². The normalized spacial score (nSPS) is 21.0. The molecule has 1 aromatic rings. The third-order valence-electron chi connectivity index (χ3n) is 5.10. The van der Waals surface area contributed by atoms with Gasteiger partial charge in [0.1, 0.15) is 5.60 Å². The number of nitrogens with zero attached hydrogens (tertiary/aromatic N) is 2. The molecule has 0 bridgehead atoms. The van der Waals surface area contributed by atoms with Crippen molar-refractivity contribution in [1.29, 1.82) is 0 Å². The number of likely N-dealkylation sites (tertiary alicyclic amines) is 1. The molecular weight excluding hydrogens is 326 g/mol. The van der Waals surface area contributed by atoms with Gasteiger partial charge in [0.15, 0.2) is 0 Å². The summed E-state index contributed by atoms with van der Waals surface area (Å²) >= 11 is 0. The average Bonchev–Trinajstić information content (AvgIpc) is 3.14. The van der Waals surface area contributed by atoms with E-state index >= 15 is 0 Å². The van der Waals surface area contributed by atoms with Gasteiger partial charge in [0.2, 0.25) is 0 Å². The zero-order chi connectivity index (χ0) is 18.6. The Hall–Kier alpha value is -1.91. The second-order valence-electron chi connectivity index (χ2n) is 8.56. The molecule has 1 aromatic carbocycles. The SMILES string of the molecule is CC(C)(C)OC(=O)N1CCCC(CNc2ccc(N3CCCC3)cc2)C1. The number of ether oxygens (including phenoxy) is 1. The molecule has 144 valence electrons. The lowest BCUT2D eigenvalue weighted by Crippen LogP contribution is -2.44. The van der Waals surface area contributed by atoms with Crippen molar-refractivity contribution in [3.8, 4) is 0 Å². The molecule has 2 saturated heterocycles. The van der Waals surface area contributed by atoms with Gasteiger partial charge in [-0.2, -0.15) is 0 Å². The van der Waals surface area contributed by atoms with Crippen LogP contribution in [-0.4, -0.2) is 49.3 Å². The summed E-state index contributed by atoms with van der Waals surface area (Å²) in [5.41, 5.74) is 2.04. The van der Waals surface area contributed by atoms with Crippen LogP contribution in [0.5, 0.6) is 0 Å². The molecule has 1 unspecified atom stereocenters. The van der Waals surface area contributed by atoms with Gasteiger partial charge < -0.3 is 19.9 Å². The van der Waals surface area contributed by atoms with Crippen molar-refractivity contribution in [1.82, 2.24) is 4.90 Å². The largest absolute Gasteiger partial charge is 0.444 e. The number of benzene rings is 1. The summed E-state index contributed by atoms with van der Waals surface area (Å²) in [6, 6.07) is 8.76. The molecule has 0 radical (unpaired) electrons. The van der Waals surface area contributed by atoms with Crippen LogP contribution < -0.4 is 10.2 Å². The number of hydrogen-bond donors (Lipinski definition) is 1. The van der Waals surface area contributed by atoms with Crippen LogP contribution >= 0.6 is 0 Å². The Bertz CT molecular complexity index is 588. The minimum absolute atomic E-state index is 0.183. The van der Waals surface area contributed by atoms with Crippen LogP contribution in [0.15, 0.2) is 24.3 Å². The van der Waals surface area contributed by atoms with Crippen LogP contribution in [0.3, 0.4) is 0 Å². The van der Waals surface area contributed by atoms with E-state index in [2.05, 4.69) is 34.5 Å². The Morgan fingerprint density at radius 3 is 2.46 bits per heavy atom. The number of carbonyl (C=O) groups is 1. The molecule has 2 heterocycles. The first-order valence-electron chi connectivity index (χ1n) is 9.97. The molecule has 1 N–H and O–H groups in total. The second kappa shape index (κ2) is 8.19. The van der Waals surface area contributed by atoms with Crippen LogP contribution in [-0.2, 0) is 4.74 Å². The van der Waals surface area contributed by atoms with Crippen molar-refractivity contribution in [3.05, 3.63) is 24.3 Å². The number of nitrogens with one attached hydrogen (secondary N) is 1. The molecule has 2 aliphatic heterocycles. The number of piperidine rings is 1. The molecule has 0 aliphatic carbocycles. The van der Waals surface area contributed by atoms with Gasteiger partial charge in [0.05, 0.1) is 0 Å². The summed E-state index contributed by atoms with van der Waals surface area (Å²) in [6.07, 6.45) is 4.61. The minimum Gasteiger partial charge on any atom is -0.444 e. The fourth-order valence-electron chi connectivity index (χ4n) is 3.75. The first-order valence-corrected chi connectivity index (χ1v) is 9.97. The second-order valence-corrected chi connectivity index (χ2v) is 8.56. The standard InChI is InChI=1S/C21H33N3O2/c1-21(2,3)26-20(25)24-14-6-7-17(16-24)15-22-18-8-10-19(11-9-18)23-12-4-5-13-23/h8-11,17,22H,4-7,12-16H2,1-3H3. The summed E-state index contributed by atoms with van der Waals surface area (Å²) in [7, 11) is 0. The van der Waals surface area contributed by atoms with Crippen LogP contribution in [0.1, 0.15) is 46.5 Å². The molecule has 1 amide bonds. The Kier molecular flexibility index (Phi) is 5.94. The van der Waals surface area contributed by atoms with Crippen LogP contribution in [0.4, 0.5) is 16.2 Å². The van der Waals surface area contributed by atoms with Gasteiger partial charge in [-0.15, -0.1) is 0 Å². The third-order valence-corrected chi connectivity index (χ3v) is 5.10. The molecule has 0 saturated carbocycles. The highest BCUT2D eigenvalue weighted by Crippen LogP contribution is 2.23. The Labute approximate surface area is 157 Å². The molecule has 2 fully saturated rings. The summed E-state index contributed by atoms with van der Waals surface area (Å²) in [5, 5.41) is 3.54. The van der Waals surface area contributed by atoms with Crippen molar-refractivity contribution in [2.45, 2.75) is 52.1 Å². The molecule has 2 aliphatic rings. The number of carbonyl (C=O) groups excluding carboxylic acids is 1. The zero-order valence-corrected chi connectivity index (χ0v) is 16.5. The third kappa shape index (κ3) is 5.29. The zero-order valence-electron chi connectivity index (χ0n) is 16.5. The maximum Gasteiger partial charge on any atom is 0.410 e. The van der Waals surface area contributed by atoms with Crippen molar-refractivity contribution < 1.29 is 9.53 Å². The van der Waals surface area contributed by atoms with Crippen LogP contribution in [0, 0.1) is 5.92 Å². The number of hydrogen-bond acceptors (Lipinski definition) is 4. The average molecular weight is 360 g/mol. The van der Waals surface area contributed by atoms with Crippen molar-refractivity contribution in [3.63, 3.8) is 0 Å². The molecular formula is C21H33N3O2. The lowest BCUT2D eigenvalue weighted by molar-refractivity contribution is 0.0172. The summed E-state index contributed by atoms with van der Waals surface area (Å²) in [6.45, 7) is 10.6. The van der Waals surface area contributed by atoms with Crippen molar-refractivity contribution in [2.24, 2.45) is 5.92 Å². The van der Waals surface area contributed by atoms with E-state index in [9.17, 15) is 4.79 Å². The number of anilines is 2. The quantitative estimate of drug-likeness (QED) is 0.868. The molecule has 3 rings (SSSR count). The highest BCUT2D eigenvalue weighted by molar-refractivity contribution is 5.68. The summed E-state index contributed by atoms with van der Waals surface area (Å²) in [4.78, 5) is 16.6. The smallest absolute Gasteiger partial charge is 0.410 e. The van der Waals surface area contributed by atoms with Gasteiger partial charge >= 0.3 is 6.09 Å². The molecule has 0 aromatic heterocycles. The van der Waals surface area contributed by atoms with Gasteiger partial charge in [-0.25, -0.2) is 4.79 Å². The predicted molar refractivity (Wildman–Crippen MR) is 107 cm³/mol. The fourth-order valence-corrected chi connectivity index (χ4v) is 3.75. The maximum atomic E-state index is 12.3. The predicted octanol–water partition coefficient (Wildman–Crippen LogP) is 4.35. The van der Waals surface area contributed by atoms with E-state index in [-0.39, 0.29) is 6.09 Å². The van der Waals surface area contributed by atoms with Crippen LogP contribution in [0.2, 0.25) is 0 Å². The molecule has 1 atom stereocenters. The van der Waals surface area contributed by atoms with E-state index in [0.717, 1.165) is 38.2 Å². The first kappa shape index (κ1) is 18.9. The van der Waals surface area contributed by atoms with E-state index in [1.807, 2.05) is 25.7 Å². The Morgan fingerprint density at radius 2 is 1.81 bits per heavy atom. The lowest BCUT2D eigenvalue weighted by atomic mass is 9.98. The fraction of sp³-hybridized carbons (Fsp3) is 0.667. The highest BCUT2D eigenvalue weighted by atomic mass is 16.6. The minimum atomic E-state index is -0.431. The maximum absolute atomic E-state index is 12.3. The number of rotatable bonds is 4.